The molecule has 18 heavy (non-hydrogen) atoms. The zero-order chi connectivity index (χ0) is 13.7. The maximum absolute atomic E-state index is 5.94. The Kier molecular flexibility index (Phi) is 5.76. The summed E-state index contributed by atoms with van der Waals surface area (Å²) < 4.78 is 0. The first-order valence-electron chi connectivity index (χ1n) is 6.80. The zero-order valence-electron chi connectivity index (χ0n) is 12.4. The van der Waals surface area contributed by atoms with Crippen LogP contribution in [0.4, 0.5) is 0 Å². The summed E-state index contributed by atoms with van der Waals surface area (Å²) in [5, 5.41) is 0. The van der Waals surface area contributed by atoms with Gasteiger partial charge in [-0.3, -0.25) is 9.88 Å². The fraction of sp³-hybridized carbons (Fsp3) is 0.667. The van der Waals surface area contributed by atoms with Gasteiger partial charge in [0, 0.05) is 30.5 Å². The second-order valence-electron chi connectivity index (χ2n) is 5.63. The third-order valence-corrected chi connectivity index (χ3v) is 3.54. The van der Waals surface area contributed by atoms with Crippen molar-refractivity contribution < 1.29 is 0 Å². The number of likely N-dealkylation sites (N-methyl/N-ethyl adjacent to an activating group) is 1. The van der Waals surface area contributed by atoms with E-state index in [4.69, 9.17) is 5.73 Å². The number of nitrogens with zero attached hydrogens (tertiary/aromatic N) is 2. The van der Waals surface area contributed by atoms with E-state index in [-0.39, 0.29) is 6.04 Å². The van der Waals surface area contributed by atoms with Crippen LogP contribution < -0.4 is 5.73 Å². The summed E-state index contributed by atoms with van der Waals surface area (Å²) in [6, 6.07) is 4.98. The molecule has 0 amide bonds. The molecule has 1 heterocycles. The van der Waals surface area contributed by atoms with Gasteiger partial charge in [0.2, 0.25) is 0 Å². The Balaban J connectivity index is 2.79. The van der Waals surface area contributed by atoms with Crippen LogP contribution in [0.1, 0.15) is 44.5 Å². The lowest BCUT2D eigenvalue weighted by Gasteiger charge is -2.33. The Labute approximate surface area is 111 Å². The molecule has 0 aliphatic carbocycles. The van der Waals surface area contributed by atoms with Crippen LogP contribution in [-0.4, -0.2) is 29.5 Å². The number of aryl methyl sites for hydroxylation is 1. The SMILES string of the molecule is Cc1ccc(C(CN)N(C)C(C)CC(C)C)cn1. The standard InChI is InChI=1S/C15H27N3/c1-11(2)8-13(4)18(5)15(9-16)14-7-6-12(3)17-10-14/h6-7,10-11,13,15H,8-9,16H2,1-5H3. The summed E-state index contributed by atoms with van der Waals surface area (Å²) in [5.74, 6) is 0.706. The summed E-state index contributed by atoms with van der Waals surface area (Å²) in [7, 11) is 2.16. The van der Waals surface area contributed by atoms with Gasteiger partial charge in [-0.1, -0.05) is 19.9 Å². The van der Waals surface area contributed by atoms with E-state index in [2.05, 4.69) is 49.8 Å². The molecule has 0 saturated heterocycles. The molecule has 1 aromatic heterocycles. The summed E-state index contributed by atoms with van der Waals surface area (Å²) in [4.78, 5) is 6.74. The van der Waals surface area contributed by atoms with Crippen LogP contribution in [0, 0.1) is 12.8 Å². The van der Waals surface area contributed by atoms with E-state index in [1.807, 2.05) is 13.1 Å². The van der Waals surface area contributed by atoms with Crippen molar-refractivity contribution in [3.8, 4) is 0 Å². The third-order valence-electron chi connectivity index (χ3n) is 3.54. The molecular weight excluding hydrogens is 222 g/mol. The highest BCUT2D eigenvalue weighted by molar-refractivity contribution is 5.17. The Bertz CT molecular complexity index is 345. The quantitative estimate of drug-likeness (QED) is 0.843. The summed E-state index contributed by atoms with van der Waals surface area (Å²) in [5.41, 5.74) is 8.20. The molecule has 2 unspecified atom stereocenters. The molecule has 0 aliphatic rings. The van der Waals surface area contributed by atoms with E-state index < -0.39 is 0 Å². The van der Waals surface area contributed by atoms with Crippen molar-refractivity contribution in [2.45, 2.75) is 46.2 Å². The molecule has 0 aliphatic heterocycles. The highest BCUT2D eigenvalue weighted by atomic mass is 15.2. The normalized spacial score (nSPS) is 15.1. The molecule has 0 bridgehead atoms. The fourth-order valence-electron chi connectivity index (χ4n) is 2.37. The van der Waals surface area contributed by atoms with Gasteiger partial charge in [-0.25, -0.2) is 0 Å². The molecule has 0 saturated carbocycles. The molecule has 0 spiro atoms. The van der Waals surface area contributed by atoms with Gasteiger partial charge in [-0.2, -0.15) is 0 Å². The monoisotopic (exact) mass is 249 g/mol. The molecule has 0 fully saturated rings. The van der Waals surface area contributed by atoms with Crippen LogP contribution in [0.3, 0.4) is 0 Å². The van der Waals surface area contributed by atoms with Crippen molar-refractivity contribution >= 4 is 0 Å². The second-order valence-corrected chi connectivity index (χ2v) is 5.63. The van der Waals surface area contributed by atoms with E-state index in [0.29, 0.717) is 18.5 Å². The number of pyridine rings is 1. The zero-order valence-corrected chi connectivity index (χ0v) is 12.4. The molecule has 3 heteroatoms. The second kappa shape index (κ2) is 6.86. The number of rotatable bonds is 6. The van der Waals surface area contributed by atoms with Crippen molar-refractivity contribution in [2.24, 2.45) is 11.7 Å². The maximum Gasteiger partial charge on any atom is 0.0485 e. The van der Waals surface area contributed by atoms with Gasteiger partial charge in [0.05, 0.1) is 0 Å². The lowest BCUT2D eigenvalue weighted by molar-refractivity contribution is 0.168. The molecule has 2 atom stereocenters. The largest absolute Gasteiger partial charge is 0.329 e. The van der Waals surface area contributed by atoms with Crippen LogP contribution in [0.25, 0.3) is 0 Å². The van der Waals surface area contributed by atoms with Gasteiger partial charge in [-0.15, -0.1) is 0 Å². The first-order valence-corrected chi connectivity index (χ1v) is 6.80. The molecule has 3 nitrogen and oxygen atoms in total. The Hall–Kier alpha value is -0.930. The van der Waals surface area contributed by atoms with E-state index in [1.54, 1.807) is 0 Å². The van der Waals surface area contributed by atoms with E-state index >= 15 is 0 Å². The number of hydrogen-bond donors (Lipinski definition) is 1. The van der Waals surface area contributed by atoms with Crippen LogP contribution in [0.5, 0.6) is 0 Å². The fourth-order valence-corrected chi connectivity index (χ4v) is 2.37. The Morgan fingerprint density at radius 1 is 1.28 bits per heavy atom. The minimum absolute atomic E-state index is 0.256. The van der Waals surface area contributed by atoms with Gasteiger partial charge < -0.3 is 5.73 Å². The van der Waals surface area contributed by atoms with Gasteiger partial charge >= 0.3 is 0 Å². The van der Waals surface area contributed by atoms with Gasteiger partial charge in [0.15, 0.2) is 0 Å². The van der Waals surface area contributed by atoms with Crippen molar-refractivity contribution in [1.29, 1.82) is 0 Å². The van der Waals surface area contributed by atoms with Crippen molar-refractivity contribution in [3.63, 3.8) is 0 Å². The van der Waals surface area contributed by atoms with Crippen molar-refractivity contribution in [2.75, 3.05) is 13.6 Å². The molecule has 2 N–H and O–H groups in total. The van der Waals surface area contributed by atoms with Gasteiger partial charge in [0.25, 0.3) is 0 Å². The van der Waals surface area contributed by atoms with Crippen LogP contribution in [0.15, 0.2) is 18.3 Å². The highest BCUT2D eigenvalue weighted by Crippen LogP contribution is 2.22. The summed E-state index contributed by atoms with van der Waals surface area (Å²) in [6.07, 6.45) is 3.14. The highest BCUT2D eigenvalue weighted by Gasteiger charge is 2.21. The predicted octanol–water partition coefficient (Wildman–Crippen LogP) is 2.76. The lowest BCUT2D eigenvalue weighted by atomic mass is 10.0. The van der Waals surface area contributed by atoms with E-state index in [1.165, 1.54) is 12.0 Å². The van der Waals surface area contributed by atoms with Gasteiger partial charge in [0.1, 0.15) is 0 Å². The van der Waals surface area contributed by atoms with Crippen molar-refractivity contribution in [3.05, 3.63) is 29.6 Å². The lowest BCUT2D eigenvalue weighted by Crippen LogP contribution is -2.37. The van der Waals surface area contributed by atoms with Crippen molar-refractivity contribution in [1.82, 2.24) is 9.88 Å². The molecule has 0 aromatic carbocycles. The number of hydrogen-bond acceptors (Lipinski definition) is 3. The molecule has 1 rings (SSSR count). The first kappa shape index (κ1) is 15.1. The Morgan fingerprint density at radius 2 is 1.94 bits per heavy atom. The average Bonchev–Trinajstić information content (AvgIpc) is 2.31. The third kappa shape index (κ3) is 4.07. The summed E-state index contributed by atoms with van der Waals surface area (Å²) >= 11 is 0. The van der Waals surface area contributed by atoms with Crippen LogP contribution in [-0.2, 0) is 0 Å². The number of nitrogens with two attached hydrogens (primary N) is 1. The smallest absolute Gasteiger partial charge is 0.0485 e. The topological polar surface area (TPSA) is 42.1 Å². The van der Waals surface area contributed by atoms with Crippen LogP contribution >= 0.6 is 0 Å². The minimum atomic E-state index is 0.256. The number of aromatic nitrogens is 1. The van der Waals surface area contributed by atoms with Crippen LogP contribution in [0.2, 0.25) is 0 Å². The van der Waals surface area contributed by atoms with Gasteiger partial charge in [-0.05, 0) is 44.9 Å². The summed E-state index contributed by atoms with van der Waals surface area (Å²) in [6.45, 7) is 9.42. The van der Waals surface area contributed by atoms with E-state index in [0.717, 1.165) is 5.69 Å². The first-order chi connectivity index (χ1) is 8.45. The molecule has 0 radical (unpaired) electrons. The molecule has 1 aromatic rings. The minimum Gasteiger partial charge on any atom is -0.329 e. The maximum atomic E-state index is 5.94. The average molecular weight is 249 g/mol. The Morgan fingerprint density at radius 3 is 2.39 bits per heavy atom. The molecular formula is C15H27N3. The van der Waals surface area contributed by atoms with E-state index in [9.17, 15) is 0 Å². The predicted molar refractivity (Wildman–Crippen MR) is 77.4 cm³/mol. The molecule has 102 valence electrons.